The van der Waals surface area contributed by atoms with Crippen LogP contribution in [0.15, 0.2) is 58.7 Å². The number of benzene rings is 1. The van der Waals surface area contributed by atoms with Crippen molar-refractivity contribution in [3.05, 3.63) is 75.3 Å². The third-order valence-electron chi connectivity index (χ3n) is 10.3. The molecule has 1 aromatic carbocycles. The van der Waals surface area contributed by atoms with Crippen molar-refractivity contribution in [1.82, 2.24) is 35.4 Å². The molecule has 0 aliphatic carbocycles. The Morgan fingerprint density at radius 3 is 2.40 bits per heavy atom. The van der Waals surface area contributed by atoms with Crippen LogP contribution < -0.4 is 21.4 Å². The molecule has 0 saturated carbocycles. The van der Waals surface area contributed by atoms with E-state index in [1.165, 1.54) is 16.7 Å². The van der Waals surface area contributed by atoms with Crippen LogP contribution in [0.25, 0.3) is 0 Å². The van der Waals surface area contributed by atoms with Crippen molar-refractivity contribution in [2.45, 2.75) is 37.2 Å². The minimum Gasteiger partial charge on any atom is -0.503 e. The number of urea groups is 1. The van der Waals surface area contributed by atoms with Gasteiger partial charge >= 0.3 is 23.8 Å². The second kappa shape index (κ2) is 15.8. The number of aromatic nitrogens is 1. The quantitative estimate of drug-likeness (QED) is 0.0658. The van der Waals surface area contributed by atoms with Gasteiger partial charge in [-0.1, -0.05) is 30.3 Å². The monoisotopic (exact) mass is 781 g/mol. The molecule has 292 valence electrons. The van der Waals surface area contributed by atoms with Crippen LogP contribution in [-0.2, 0) is 24.0 Å². The molecule has 0 radical (unpaired) electrons. The maximum atomic E-state index is 13.8. The van der Waals surface area contributed by atoms with E-state index in [9.17, 15) is 53.8 Å². The number of likely N-dealkylation sites (tertiary alicyclic amines) is 1. The number of amides is 7. The molecule has 3 fully saturated rings. The molecule has 7 amide bonds. The molecule has 6 rings (SSSR count). The average molecular weight is 782 g/mol. The summed E-state index contributed by atoms with van der Waals surface area (Å²) in [5.74, 6) is -5.84. The largest absolute Gasteiger partial charge is 0.503 e. The number of hydrogen-bond acceptors (Lipinski definition) is 11. The molecule has 3 saturated heterocycles. The van der Waals surface area contributed by atoms with Crippen molar-refractivity contribution in [2.75, 3.05) is 58.1 Å². The number of piperazine rings is 1. The Morgan fingerprint density at radius 1 is 1.02 bits per heavy atom. The molecule has 0 spiro atoms. The summed E-state index contributed by atoms with van der Waals surface area (Å²) in [6.07, 6.45) is 2.42. The van der Waals surface area contributed by atoms with E-state index in [4.69, 9.17) is 0 Å². The van der Waals surface area contributed by atoms with Gasteiger partial charge in [-0.3, -0.25) is 38.6 Å². The molecule has 20 heteroatoms. The third kappa shape index (κ3) is 7.72. The smallest absolute Gasteiger partial charge is 0.352 e. The first kappa shape index (κ1) is 38.8. The lowest BCUT2D eigenvalue weighted by Crippen LogP contribution is -2.71. The van der Waals surface area contributed by atoms with Crippen LogP contribution in [0.4, 0.5) is 4.79 Å². The number of carboxylic acid groups (broad SMARTS) is 1. The van der Waals surface area contributed by atoms with E-state index in [2.05, 4.69) is 16.0 Å². The number of aromatic hydroxyl groups is 1. The van der Waals surface area contributed by atoms with E-state index in [1.54, 1.807) is 37.3 Å². The van der Waals surface area contributed by atoms with Crippen molar-refractivity contribution >= 4 is 53.3 Å². The molecule has 0 unspecified atom stereocenters. The fraction of sp³-hybridized carbons (Fsp3) is 0.429. The van der Waals surface area contributed by atoms with Crippen molar-refractivity contribution in [3.8, 4) is 5.75 Å². The summed E-state index contributed by atoms with van der Waals surface area (Å²) in [5, 5.41) is 36.9. The molecule has 5 heterocycles. The predicted octanol–water partition coefficient (Wildman–Crippen LogP) is -0.988. The number of rotatable bonds is 12. The van der Waals surface area contributed by atoms with Gasteiger partial charge in [0, 0.05) is 49.9 Å². The zero-order valence-electron chi connectivity index (χ0n) is 29.8. The van der Waals surface area contributed by atoms with Crippen LogP contribution in [0.5, 0.6) is 5.75 Å². The lowest BCUT2D eigenvalue weighted by Gasteiger charge is -2.50. The number of fused-ring (bicyclic) bond motifs is 1. The predicted molar refractivity (Wildman–Crippen MR) is 192 cm³/mol. The topological polar surface area (TPSA) is 248 Å². The van der Waals surface area contributed by atoms with Gasteiger partial charge in [-0.05, 0) is 12.5 Å². The van der Waals surface area contributed by atoms with E-state index in [0.717, 1.165) is 34.9 Å². The number of nitrogens with one attached hydrogen (secondary N) is 3. The summed E-state index contributed by atoms with van der Waals surface area (Å²) in [7, 11) is 0. The minimum absolute atomic E-state index is 0.0732. The fourth-order valence-corrected chi connectivity index (χ4v) is 8.75. The number of thioether (sulfide) groups is 1. The Hall–Kier alpha value is -5.89. The SMILES string of the molecule is CCN1CCN(C(=O)N[C@H](C(=O)N[C@@H]2C(=O)N3C(C(=O)O)=C(C[N+]4(CCNC(=O)c5cc(=O)c(O)cn5O)CCCC4)CS[C@H]23)c2ccccc2)C(=O)C1=O. The van der Waals surface area contributed by atoms with Gasteiger partial charge in [0.15, 0.2) is 5.75 Å². The highest BCUT2D eigenvalue weighted by molar-refractivity contribution is 8.00. The standard InChI is InChI=1S/C35H40N8O11S/c1-2-39-11-12-40(32(50)31(39)49)35(53)38-25(20-8-4-3-5-9-20)29(47)37-26-30(48)42-27(34(51)52)21(19-55-33(26)42)18-43(13-6-7-14-43)15-10-36-28(46)22-16-23(44)24(45)17-41(22)54/h3-5,8-9,16-17,25-26,33,54H,2,6-7,10-15,18-19H2,1H3,(H4-,36,37,38,45,46,47,51,52,53)/p+1/t25-,26+,33+/m0/s1. The lowest BCUT2D eigenvalue weighted by atomic mass is 10.0. The summed E-state index contributed by atoms with van der Waals surface area (Å²) in [5.41, 5.74) is -0.521. The number of imide groups is 1. The first-order chi connectivity index (χ1) is 26.2. The van der Waals surface area contributed by atoms with Crippen LogP contribution in [-0.4, -0.2) is 150 Å². The molecule has 55 heavy (non-hydrogen) atoms. The maximum absolute atomic E-state index is 13.8. The Balaban J connectivity index is 1.14. The Labute approximate surface area is 318 Å². The van der Waals surface area contributed by atoms with Gasteiger partial charge in [0.25, 0.3) is 11.8 Å². The molecule has 1 aromatic heterocycles. The number of carbonyl (C=O) groups is 7. The molecule has 4 aliphatic rings. The Morgan fingerprint density at radius 2 is 1.73 bits per heavy atom. The van der Waals surface area contributed by atoms with Gasteiger partial charge in [0.2, 0.25) is 11.3 Å². The van der Waals surface area contributed by atoms with Crippen LogP contribution in [0, 0.1) is 0 Å². The fourth-order valence-electron chi connectivity index (χ4n) is 7.41. The van der Waals surface area contributed by atoms with Gasteiger partial charge in [-0.25, -0.2) is 9.59 Å². The van der Waals surface area contributed by atoms with E-state index in [-0.39, 0.29) is 43.3 Å². The highest BCUT2D eigenvalue weighted by atomic mass is 32.2. The first-order valence-corrected chi connectivity index (χ1v) is 18.7. The number of pyridine rings is 1. The van der Waals surface area contributed by atoms with Gasteiger partial charge in [0.05, 0.1) is 32.4 Å². The maximum Gasteiger partial charge on any atom is 0.352 e. The molecule has 2 aromatic rings. The normalized spacial score (nSPS) is 21.1. The van der Waals surface area contributed by atoms with Gasteiger partial charge < -0.3 is 40.8 Å². The van der Waals surface area contributed by atoms with Gasteiger partial charge in [0.1, 0.15) is 35.4 Å². The van der Waals surface area contributed by atoms with Crippen LogP contribution in [0.2, 0.25) is 0 Å². The highest BCUT2D eigenvalue weighted by Crippen LogP contribution is 2.41. The van der Waals surface area contributed by atoms with Crippen LogP contribution in [0.1, 0.15) is 41.9 Å². The number of β-lactam (4-membered cyclic amide) rings is 1. The summed E-state index contributed by atoms with van der Waals surface area (Å²) < 4.78 is 0.770. The van der Waals surface area contributed by atoms with Crippen molar-refractivity contribution in [3.63, 3.8) is 0 Å². The van der Waals surface area contributed by atoms with Crippen molar-refractivity contribution < 1.29 is 53.5 Å². The number of quaternary nitrogens is 1. The Bertz CT molecular complexity index is 2020. The number of aliphatic carboxylic acids is 1. The molecule has 4 aliphatic heterocycles. The molecule has 0 bridgehead atoms. The molecular weight excluding hydrogens is 740 g/mol. The van der Waals surface area contributed by atoms with Crippen molar-refractivity contribution in [1.29, 1.82) is 0 Å². The molecule has 19 nitrogen and oxygen atoms in total. The van der Waals surface area contributed by atoms with E-state index < -0.39 is 70.2 Å². The van der Waals surface area contributed by atoms with E-state index in [1.807, 2.05) is 0 Å². The second-order valence-corrected chi connectivity index (χ2v) is 14.8. The number of carbonyl (C=O) groups excluding carboxylic acids is 6. The number of carboxylic acids is 1. The zero-order chi connectivity index (χ0) is 39.6. The molecule has 3 atom stereocenters. The zero-order valence-corrected chi connectivity index (χ0v) is 30.6. The van der Waals surface area contributed by atoms with Gasteiger partial charge in [-0.2, -0.15) is 4.73 Å². The Kier molecular flexibility index (Phi) is 11.2. The van der Waals surface area contributed by atoms with Gasteiger partial charge in [-0.15, -0.1) is 11.8 Å². The summed E-state index contributed by atoms with van der Waals surface area (Å²) in [6.45, 7) is 4.20. The minimum atomic E-state index is -1.36. The number of hydrogen-bond donors (Lipinski definition) is 6. The van der Waals surface area contributed by atoms with Crippen LogP contribution >= 0.6 is 11.8 Å². The third-order valence-corrected chi connectivity index (χ3v) is 11.6. The second-order valence-electron chi connectivity index (χ2n) is 13.7. The summed E-state index contributed by atoms with van der Waals surface area (Å²) in [4.78, 5) is 106. The molecule has 6 N–H and O–H groups in total. The van der Waals surface area contributed by atoms with Crippen LogP contribution in [0.3, 0.4) is 0 Å². The average Bonchev–Trinajstić information content (AvgIpc) is 3.63. The highest BCUT2D eigenvalue weighted by Gasteiger charge is 2.55. The number of nitrogens with zero attached hydrogens (tertiary/aromatic N) is 5. The summed E-state index contributed by atoms with van der Waals surface area (Å²) >= 11 is 1.28. The van der Waals surface area contributed by atoms with Crippen molar-refractivity contribution in [2.24, 2.45) is 0 Å². The lowest BCUT2D eigenvalue weighted by molar-refractivity contribution is -0.911. The summed E-state index contributed by atoms with van der Waals surface area (Å²) in [6, 6.07) is 5.51. The first-order valence-electron chi connectivity index (χ1n) is 17.7. The van der Waals surface area contributed by atoms with E-state index in [0.29, 0.717) is 46.5 Å². The van der Waals surface area contributed by atoms with E-state index >= 15 is 0 Å². The number of likely N-dealkylation sites (N-methyl/N-ethyl adjacent to an activating group) is 1. The molecular formula is C35H41N8O11S+.